The number of amides is 1. The second-order valence-electron chi connectivity index (χ2n) is 7.29. The summed E-state index contributed by atoms with van der Waals surface area (Å²) in [5.41, 5.74) is 1.80. The van der Waals surface area contributed by atoms with E-state index >= 15 is 0 Å². The molecule has 0 spiro atoms. The van der Waals surface area contributed by atoms with Gasteiger partial charge in [0.2, 0.25) is 0 Å². The minimum absolute atomic E-state index is 0.101. The molecule has 0 unspecified atom stereocenters. The molecule has 0 aliphatic carbocycles. The SMILES string of the molecule is COc1ccc(-c2cnc3ncnn3c2N2CCN(C(=O)c3ccco3)CC2)cc1OC. The van der Waals surface area contributed by atoms with E-state index in [4.69, 9.17) is 13.9 Å². The highest BCUT2D eigenvalue weighted by molar-refractivity contribution is 5.91. The second kappa shape index (κ2) is 8.22. The van der Waals surface area contributed by atoms with E-state index in [2.05, 4.69) is 20.0 Å². The minimum atomic E-state index is -0.101. The molecule has 0 saturated carbocycles. The second-order valence-corrected chi connectivity index (χ2v) is 7.29. The van der Waals surface area contributed by atoms with Gasteiger partial charge < -0.3 is 23.7 Å². The average Bonchev–Trinajstić information content (AvgIpc) is 3.55. The van der Waals surface area contributed by atoms with Crippen molar-refractivity contribution in [2.24, 2.45) is 0 Å². The van der Waals surface area contributed by atoms with Crippen LogP contribution in [0.2, 0.25) is 0 Å². The van der Waals surface area contributed by atoms with Gasteiger partial charge in [0, 0.05) is 37.9 Å². The third kappa shape index (κ3) is 3.39. The average molecular weight is 434 g/mol. The number of benzene rings is 1. The van der Waals surface area contributed by atoms with Gasteiger partial charge in [-0.15, -0.1) is 0 Å². The van der Waals surface area contributed by atoms with Gasteiger partial charge in [0.15, 0.2) is 17.3 Å². The number of carbonyl (C=O) groups excluding carboxylic acids is 1. The Kier molecular flexibility index (Phi) is 5.10. The summed E-state index contributed by atoms with van der Waals surface area (Å²) in [6.45, 7) is 2.38. The van der Waals surface area contributed by atoms with E-state index in [1.165, 1.54) is 12.6 Å². The largest absolute Gasteiger partial charge is 0.493 e. The normalized spacial score (nSPS) is 14.1. The van der Waals surface area contributed by atoms with Crippen molar-refractivity contribution >= 4 is 17.5 Å². The van der Waals surface area contributed by atoms with Crippen LogP contribution < -0.4 is 14.4 Å². The fourth-order valence-corrected chi connectivity index (χ4v) is 3.96. The van der Waals surface area contributed by atoms with E-state index in [9.17, 15) is 4.79 Å². The molecule has 1 aromatic carbocycles. The number of rotatable bonds is 5. The Balaban J connectivity index is 1.49. The van der Waals surface area contributed by atoms with Gasteiger partial charge in [0.25, 0.3) is 11.7 Å². The number of methoxy groups -OCH3 is 2. The van der Waals surface area contributed by atoms with Gasteiger partial charge in [-0.25, -0.2) is 4.98 Å². The molecule has 0 atom stereocenters. The molecule has 5 rings (SSSR count). The Bertz CT molecular complexity index is 1240. The van der Waals surface area contributed by atoms with Crippen LogP contribution in [-0.4, -0.2) is 70.8 Å². The molecule has 1 fully saturated rings. The van der Waals surface area contributed by atoms with Crippen molar-refractivity contribution in [1.82, 2.24) is 24.5 Å². The number of anilines is 1. The van der Waals surface area contributed by atoms with Crippen molar-refractivity contribution in [3.8, 4) is 22.6 Å². The molecule has 164 valence electrons. The van der Waals surface area contributed by atoms with Gasteiger partial charge in [-0.3, -0.25) is 4.79 Å². The third-order valence-corrected chi connectivity index (χ3v) is 5.57. The van der Waals surface area contributed by atoms with Crippen LogP contribution in [0.25, 0.3) is 16.9 Å². The predicted molar refractivity (Wildman–Crippen MR) is 116 cm³/mol. The van der Waals surface area contributed by atoms with E-state index in [1.807, 2.05) is 18.2 Å². The van der Waals surface area contributed by atoms with Crippen molar-refractivity contribution in [3.05, 3.63) is 54.9 Å². The maximum atomic E-state index is 12.6. The van der Waals surface area contributed by atoms with Crippen LogP contribution in [0.1, 0.15) is 10.6 Å². The number of piperazine rings is 1. The molecule has 4 heterocycles. The Morgan fingerprint density at radius 1 is 1.03 bits per heavy atom. The predicted octanol–water partition coefficient (Wildman–Crippen LogP) is 2.36. The van der Waals surface area contributed by atoms with E-state index in [0.29, 0.717) is 49.2 Å². The molecule has 1 amide bonds. The van der Waals surface area contributed by atoms with Crippen LogP contribution in [0.5, 0.6) is 11.5 Å². The summed E-state index contributed by atoms with van der Waals surface area (Å²) < 4.78 is 17.9. The number of furan rings is 1. The first kappa shape index (κ1) is 19.9. The fourth-order valence-electron chi connectivity index (χ4n) is 3.96. The summed E-state index contributed by atoms with van der Waals surface area (Å²) >= 11 is 0. The van der Waals surface area contributed by atoms with Crippen LogP contribution in [0.3, 0.4) is 0 Å². The molecule has 0 radical (unpaired) electrons. The highest BCUT2D eigenvalue weighted by Crippen LogP contribution is 2.36. The number of hydrogen-bond acceptors (Lipinski definition) is 8. The van der Waals surface area contributed by atoms with Gasteiger partial charge in [-0.05, 0) is 29.8 Å². The maximum absolute atomic E-state index is 12.6. The summed E-state index contributed by atoms with van der Waals surface area (Å²) in [5.74, 6) is 2.91. The van der Waals surface area contributed by atoms with Crippen molar-refractivity contribution in [2.75, 3.05) is 45.3 Å². The zero-order valence-electron chi connectivity index (χ0n) is 17.8. The number of fused-ring (bicyclic) bond motifs is 1. The number of ether oxygens (including phenoxy) is 2. The molecular formula is C22H22N6O4. The molecule has 1 saturated heterocycles. The first-order valence-corrected chi connectivity index (χ1v) is 10.2. The first-order chi connectivity index (χ1) is 15.7. The summed E-state index contributed by atoms with van der Waals surface area (Å²) in [6, 6.07) is 9.15. The van der Waals surface area contributed by atoms with Gasteiger partial charge in [-0.1, -0.05) is 6.07 Å². The fraction of sp³-hybridized carbons (Fsp3) is 0.273. The zero-order chi connectivity index (χ0) is 22.1. The van der Waals surface area contributed by atoms with Gasteiger partial charge >= 0.3 is 0 Å². The number of hydrogen-bond donors (Lipinski definition) is 0. The highest BCUT2D eigenvalue weighted by Gasteiger charge is 2.27. The Morgan fingerprint density at radius 3 is 2.56 bits per heavy atom. The number of nitrogens with zero attached hydrogens (tertiary/aromatic N) is 6. The van der Waals surface area contributed by atoms with Crippen molar-refractivity contribution < 1.29 is 18.7 Å². The molecule has 10 nitrogen and oxygen atoms in total. The Hall–Kier alpha value is -4.08. The van der Waals surface area contributed by atoms with Crippen LogP contribution in [0.4, 0.5) is 5.82 Å². The van der Waals surface area contributed by atoms with E-state index in [1.54, 1.807) is 42.0 Å². The van der Waals surface area contributed by atoms with Crippen molar-refractivity contribution in [2.45, 2.75) is 0 Å². The molecule has 4 aromatic rings. The van der Waals surface area contributed by atoms with E-state index in [0.717, 1.165) is 16.9 Å². The number of carbonyl (C=O) groups is 1. The molecule has 1 aliphatic rings. The van der Waals surface area contributed by atoms with E-state index < -0.39 is 0 Å². The zero-order valence-corrected chi connectivity index (χ0v) is 17.8. The lowest BCUT2D eigenvalue weighted by Crippen LogP contribution is -2.49. The lowest BCUT2D eigenvalue weighted by Gasteiger charge is -2.36. The van der Waals surface area contributed by atoms with Crippen molar-refractivity contribution in [1.29, 1.82) is 0 Å². The maximum Gasteiger partial charge on any atom is 0.289 e. The van der Waals surface area contributed by atoms with Crippen LogP contribution in [-0.2, 0) is 0 Å². The molecule has 10 heteroatoms. The lowest BCUT2D eigenvalue weighted by molar-refractivity contribution is 0.0714. The van der Waals surface area contributed by atoms with E-state index in [-0.39, 0.29) is 5.91 Å². The summed E-state index contributed by atoms with van der Waals surface area (Å²) in [7, 11) is 3.21. The van der Waals surface area contributed by atoms with Crippen molar-refractivity contribution in [3.63, 3.8) is 0 Å². The molecule has 1 aliphatic heterocycles. The first-order valence-electron chi connectivity index (χ1n) is 10.2. The smallest absolute Gasteiger partial charge is 0.289 e. The minimum Gasteiger partial charge on any atom is -0.493 e. The topological polar surface area (TPSA) is 98.2 Å². The highest BCUT2D eigenvalue weighted by atomic mass is 16.5. The molecule has 0 N–H and O–H groups in total. The van der Waals surface area contributed by atoms with Gasteiger partial charge in [0.05, 0.1) is 20.5 Å². The molecule has 3 aromatic heterocycles. The quantitative estimate of drug-likeness (QED) is 0.472. The van der Waals surface area contributed by atoms with Gasteiger partial charge in [0.1, 0.15) is 12.1 Å². The van der Waals surface area contributed by atoms with Crippen LogP contribution >= 0.6 is 0 Å². The summed E-state index contributed by atoms with van der Waals surface area (Å²) in [6.07, 6.45) is 4.79. The monoisotopic (exact) mass is 434 g/mol. The van der Waals surface area contributed by atoms with Crippen LogP contribution in [0.15, 0.2) is 53.5 Å². The third-order valence-electron chi connectivity index (χ3n) is 5.57. The molecular weight excluding hydrogens is 412 g/mol. The number of aromatic nitrogens is 4. The summed E-state index contributed by atoms with van der Waals surface area (Å²) in [5, 5.41) is 4.40. The summed E-state index contributed by atoms with van der Waals surface area (Å²) in [4.78, 5) is 25.3. The Morgan fingerprint density at radius 2 is 1.84 bits per heavy atom. The molecule has 32 heavy (non-hydrogen) atoms. The Labute approximate surface area is 184 Å². The standard InChI is InChI=1S/C22H22N6O4/c1-30-17-6-5-15(12-19(17)31-2)16-13-23-22-24-14-25-28(22)20(16)26-7-9-27(10-8-26)21(29)18-4-3-11-32-18/h3-6,11-14H,7-10H2,1-2H3. The lowest BCUT2D eigenvalue weighted by atomic mass is 10.1. The van der Waals surface area contributed by atoms with Crippen LogP contribution in [0, 0.1) is 0 Å². The van der Waals surface area contributed by atoms with Gasteiger partial charge in [-0.2, -0.15) is 14.6 Å². The molecule has 0 bridgehead atoms.